The van der Waals surface area contributed by atoms with Gasteiger partial charge in [0.25, 0.3) is 0 Å². The van der Waals surface area contributed by atoms with Gasteiger partial charge in [0.05, 0.1) is 11.6 Å². The third-order valence-electron chi connectivity index (χ3n) is 4.41. The Morgan fingerprint density at radius 3 is 2.71 bits per heavy atom. The molecule has 0 fully saturated rings. The van der Waals surface area contributed by atoms with E-state index in [0.717, 1.165) is 29.4 Å². The van der Waals surface area contributed by atoms with Crippen LogP contribution in [0.15, 0.2) is 35.7 Å². The normalized spacial score (nSPS) is 11.2. The molecule has 3 rings (SSSR count). The summed E-state index contributed by atoms with van der Waals surface area (Å²) in [7, 11) is 3.64. The molecule has 0 aliphatic heterocycles. The fourth-order valence-electron chi connectivity index (χ4n) is 2.91. The Hall–Kier alpha value is -2.43. The number of aryl methyl sites for hydroxylation is 3. The van der Waals surface area contributed by atoms with Crippen LogP contribution in [0.5, 0.6) is 0 Å². The number of nitrogens with zero attached hydrogens (tertiary/aromatic N) is 5. The number of aliphatic imine (C=N–C) groups is 1. The average molecular weight is 494 g/mol. The lowest BCUT2D eigenvalue weighted by Gasteiger charge is -2.14. The number of halogens is 1. The van der Waals surface area contributed by atoms with Gasteiger partial charge in [-0.3, -0.25) is 9.67 Å². The summed E-state index contributed by atoms with van der Waals surface area (Å²) in [5, 5.41) is 15.1. The Morgan fingerprint density at radius 1 is 1.14 bits per heavy atom. The van der Waals surface area contributed by atoms with Crippen LogP contribution in [0.25, 0.3) is 11.0 Å². The van der Waals surface area contributed by atoms with Gasteiger partial charge >= 0.3 is 0 Å². The molecule has 0 saturated heterocycles. The van der Waals surface area contributed by atoms with Gasteiger partial charge in [-0.25, -0.2) is 9.97 Å². The number of nitrogens with one attached hydrogen (secondary N) is 3. The fourth-order valence-corrected chi connectivity index (χ4v) is 2.91. The molecule has 8 nitrogen and oxygen atoms in total. The molecule has 0 aliphatic carbocycles. The van der Waals surface area contributed by atoms with Crippen molar-refractivity contribution in [3.63, 3.8) is 0 Å². The van der Waals surface area contributed by atoms with E-state index in [1.54, 1.807) is 24.3 Å². The zero-order valence-electron chi connectivity index (χ0n) is 16.7. The predicted octanol–water partition coefficient (Wildman–Crippen LogP) is 2.38. The highest BCUT2D eigenvalue weighted by atomic mass is 127. The molecule has 0 saturated carbocycles. The van der Waals surface area contributed by atoms with Gasteiger partial charge in [-0.15, -0.1) is 24.0 Å². The molecule has 2 aromatic heterocycles. The highest BCUT2D eigenvalue weighted by molar-refractivity contribution is 14.0. The minimum absolute atomic E-state index is 0. The van der Waals surface area contributed by atoms with Crippen LogP contribution in [0.4, 0.5) is 5.82 Å². The Balaban J connectivity index is 0.00000280. The van der Waals surface area contributed by atoms with Gasteiger partial charge in [0.1, 0.15) is 12.1 Å². The summed E-state index contributed by atoms with van der Waals surface area (Å²) in [6.07, 6.45) is 3.32. The number of fused-ring (bicyclic) bond motifs is 1. The second-order valence-corrected chi connectivity index (χ2v) is 6.44. The Labute approximate surface area is 182 Å². The molecule has 2 heterocycles. The lowest BCUT2D eigenvalue weighted by molar-refractivity contribution is 0.785. The van der Waals surface area contributed by atoms with Crippen molar-refractivity contribution in [2.45, 2.75) is 20.4 Å². The van der Waals surface area contributed by atoms with Gasteiger partial charge in [-0.1, -0.05) is 23.8 Å². The largest absolute Gasteiger partial charge is 0.368 e. The molecule has 3 aromatic rings. The number of rotatable bonds is 6. The van der Waals surface area contributed by atoms with Gasteiger partial charge < -0.3 is 16.0 Å². The molecule has 0 spiro atoms. The summed E-state index contributed by atoms with van der Waals surface area (Å²) in [6, 6.07) is 6.48. The highest BCUT2D eigenvalue weighted by Gasteiger charge is 2.07. The zero-order valence-corrected chi connectivity index (χ0v) is 19.0. The maximum Gasteiger partial charge on any atom is 0.191 e. The van der Waals surface area contributed by atoms with Crippen molar-refractivity contribution in [3.8, 4) is 0 Å². The minimum Gasteiger partial charge on any atom is -0.368 e. The van der Waals surface area contributed by atoms with Crippen molar-refractivity contribution in [1.82, 2.24) is 30.4 Å². The molecular formula is C19H27IN8. The molecule has 0 radical (unpaired) electrons. The third-order valence-corrected chi connectivity index (χ3v) is 4.41. The summed E-state index contributed by atoms with van der Waals surface area (Å²) in [5.74, 6) is 1.55. The monoisotopic (exact) mass is 494 g/mol. The number of anilines is 1. The summed E-state index contributed by atoms with van der Waals surface area (Å²) in [6.45, 7) is 6.38. The molecule has 28 heavy (non-hydrogen) atoms. The first-order valence-electron chi connectivity index (χ1n) is 8.95. The molecule has 0 unspecified atom stereocenters. The first kappa shape index (κ1) is 21.9. The van der Waals surface area contributed by atoms with Gasteiger partial charge in [-0.2, -0.15) is 5.10 Å². The molecule has 0 aliphatic rings. The predicted molar refractivity (Wildman–Crippen MR) is 124 cm³/mol. The maximum atomic E-state index is 4.30. The molecule has 0 atom stereocenters. The third kappa shape index (κ3) is 5.31. The van der Waals surface area contributed by atoms with E-state index in [9.17, 15) is 0 Å². The molecule has 150 valence electrons. The molecule has 0 bridgehead atoms. The summed E-state index contributed by atoms with van der Waals surface area (Å²) >= 11 is 0. The number of aromatic nitrogens is 4. The van der Waals surface area contributed by atoms with E-state index in [0.29, 0.717) is 13.1 Å². The van der Waals surface area contributed by atoms with E-state index in [-0.39, 0.29) is 24.0 Å². The topological polar surface area (TPSA) is 92.1 Å². The highest BCUT2D eigenvalue weighted by Crippen LogP contribution is 2.17. The number of benzene rings is 1. The molecule has 9 heteroatoms. The number of hydrogen-bond acceptors (Lipinski definition) is 5. The van der Waals surface area contributed by atoms with Crippen LogP contribution in [0.3, 0.4) is 0 Å². The summed E-state index contributed by atoms with van der Waals surface area (Å²) in [5.41, 5.74) is 4.63. The van der Waals surface area contributed by atoms with Crippen molar-refractivity contribution >= 4 is 46.8 Å². The summed E-state index contributed by atoms with van der Waals surface area (Å²) < 4.78 is 1.74. The van der Waals surface area contributed by atoms with E-state index >= 15 is 0 Å². The molecule has 1 aromatic carbocycles. The van der Waals surface area contributed by atoms with E-state index in [1.165, 1.54) is 16.7 Å². The second-order valence-electron chi connectivity index (χ2n) is 6.44. The molecular weight excluding hydrogens is 467 g/mol. The Morgan fingerprint density at radius 2 is 1.96 bits per heavy atom. The molecule has 3 N–H and O–H groups in total. The van der Waals surface area contributed by atoms with Gasteiger partial charge in [0, 0.05) is 33.7 Å². The van der Waals surface area contributed by atoms with Gasteiger partial charge in [-0.05, 0) is 25.0 Å². The van der Waals surface area contributed by atoms with Crippen molar-refractivity contribution in [1.29, 1.82) is 0 Å². The van der Waals surface area contributed by atoms with E-state index < -0.39 is 0 Å². The van der Waals surface area contributed by atoms with Crippen LogP contribution >= 0.6 is 24.0 Å². The lowest BCUT2D eigenvalue weighted by atomic mass is 10.1. The Kier molecular flexibility index (Phi) is 7.97. The van der Waals surface area contributed by atoms with Crippen molar-refractivity contribution < 1.29 is 0 Å². The number of hydrogen-bond donors (Lipinski definition) is 3. The van der Waals surface area contributed by atoms with E-state index in [4.69, 9.17) is 0 Å². The van der Waals surface area contributed by atoms with Crippen molar-refractivity contribution in [2.24, 2.45) is 12.0 Å². The lowest BCUT2D eigenvalue weighted by Crippen LogP contribution is -2.39. The first-order chi connectivity index (χ1) is 13.1. The Bertz CT molecular complexity index is 950. The number of guanidine groups is 1. The second kappa shape index (κ2) is 10.2. The smallest absolute Gasteiger partial charge is 0.191 e. The minimum atomic E-state index is 0. The fraction of sp³-hybridized carbons (Fsp3) is 0.368. The van der Waals surface area contributed by atoms with Crippen LogP contribution in [0.1, 0.15) is 16.7 Å². The SMILES string of the molecule is CN=C(NCCNc1ncnc2c1cnn2C)NCc1ccc(C)cc1C.I. The van der Waals surface area contributed by atoms with Crippen molar-refractivity contribution in [2.75, 3.05) is 25.5 Å². The van der Waals surface area contributed by atoms with E-state index in [1.807, 2.05) is 7.05 Å². The maximum absolute atomic E-state index is 4.30. The van der Waals surface area contributed by atoms with Crippen LogP contribution < -0.4 is 16.0 Å². The van der Waals surface area contributed by atoms with Gasteiger partial charge in [0.2, 0.25) is 0 Å². The van der Waals surface area contributed by atoms with Crippen LogP contribution in [0, 0.1) is 13.8 Å². The average Bonchev–Trinajstić information content (AvgIpc) is 3.04. The zero-order chi connectivity index (χ0) is 19.2. The molecule has 0 amide bonds. The van der Waals surface area contributed by atoms with Crippen molar-refractivity contribution in [3.05, 3.63) is 47.4 Å². The first-order valence-corrected chi connectivity index (χ1v) is 8.95. The summed E-state index contributed by atoms with van der Waals surface area (Å²) in [4.78, 5) is 12.8. The van der Waals surface area contributed by atoms with Crippen LogP contribution in [0.2, 0.25) is 0 Å². The van der Waals surface area contributed by atoms with Gasteiger partial charge in [0.15, 0.2) is 11.6 Å². The standard InChI is InChI=1S/C19H26N8.HI/c1-13-5-6-15(14(2)9-13)10-23-19(20-3)22-8-7-21-17-16-11-26-27(4)18(16)25-12-24-17;/h5-6,9,11-12H,7-8,10H2,1-4H3,(H2,20,22,23)(H,21,24,25);1H. The van der Waals surface area contributed by atoms with E-state index in [2.05, 4.69) is 68.1 Å². The quantitative estimate of drug-likeness (QED) is 0.211. The van der Waals surface area contributed by atoms with Crippen LogP contribution in [-0.2, 0) is 13.6 Å². The van der Waals surface area contributed by atoms with Crippen LogP contribution in [-0.4, -0.2) is 45.8 Å².